The Balaban J connectivity index is 2.50. The molecule has 0 aliphatic rings. The summed E-state index contributed by atoms with van der Waals surface area (Å²) in [6, 6.07) is 4.23. The molecule has 2 aromatic rings. The van der Waals surface area contributed by atoms with Crippen molar-refractivity contribution in [3.05, 3.63) is 45.4 Å². The molecule has 0 atom stereocenters. The third-order valence-corrected chi connectivity index (χ3v) is 4.17. The highest BCUT2D eigenvalue weighted by molar-refractivity contribution is 7.13. The average Bonchev–Trinajstić information content (AvgIpc) is 2.90. The minimum Gasteiger partial charge on any atom is -0.383 e. The molecule has 0 spiro atoms. The zero-order chi connectivity index (χ0) is 13.8. The second kappa shape index (κ2) is 5.80. The first-order valence-electron chi connectivity index (χ1n) is 6.18. The second-order valence-electron chi connectivity index (χ2n) is 4.14. The molecule has 4 heteroatoms. The lowest BCUT2D eigenvalue weighted by molar-refractivity contribution is 1.11. The molecule has 0 fully saturated rings. The highest BCUT2D eigenvalue weighted by atomic mass is 32.1. The molecule has 0 aromatic carbocycles. The third kappa shape index (κ3) is 2.90. The summed E-state index contributed by atoms with van der Waals surface area (Å²) in [4.78, 5) is 10.7. The molecular formula is C15H17N3S. The molecule has 0 aliphatic carbocycles. The summed E-state index contributed by atoms with van der Waals surface area (Å²) in [6.07, 6.45) is 6.40. The Labute approximate surface area is 116 Å². The fourth-order valence-corrected chi connectivity index (χ4v) is 2.68. The molecule has 2 rings (SSSR count). The van der Waals surface area contributed by atoms with E-state index in [9.17, 15) is 0 Å². The Hall–Kier alpha value is -1.94. The molecule has 19 heavy (non-hydrogen) atoms. The predicted octanol–water partition coefficient (Wildman–Crippen LogP) is 1.98. The number of nitrogens with two attached hydrogens (primary N) is 1. The highest BCUT2D eigenvalue weighted by Gasteiger charge is 2.02. The number of rotatable bonds is 3. The maximum absolute atomic E-state index is 5.91. The van der Waals surface area contributed by atoms with Crippen molar-refractivity contribution in [1.29, 1.82) is 0 Å². The Kier molecular flexibility index (Phi) is 4.12. The van der Waals surface area contributed by atoms with Crippen LogP contribution in [0.15, 0.2) is 25.0 Å². The van der Waals surface area contributed by atoms with Crippen LogP contribution in [0.5, 0.6) is 0 Å². The van der Waals surface area contributed by atoms with Crippen molar-refractivity contribution in [1.82, 2.24) is 9.97 Å². The van der Waals surface area contributed by atoms with E-state index < -0.39 is 0 Å². The van der Waals surface area contributed by atoms with Gasteiger partial charge < -0.3 is 5.73 Å². The zero-order valence-electron chi connectivity index (χ0n) is 11.2. The van der Waals surface area contributed by atoms with Crippen LogP contribution in [0.25, 0.3) is 17.7 Å². The zero-order valence-corrected chi connectivity index (χ0v) is 12.0. The normalized spacial score (nSPS) is 12.9. The molecule has 3 nitrogen and oxygen atoms in total. The molecule has 2 heterocycles. The van der Waals surface area contributed by atoms with Crippen molar-refractivity contribution >= 4 is 34.9 Å². The van der Waals surface area contributed by atoms with Crippen molar-refractivity contribution in [2.24, 2.45) is 0 Å². The van der Waals surface area contributed by atoms with Crippen molar-refractivity contribution in [2.45, 2.75) is 20.3 Å². The number of anilines is 1. The van der Waals surface area contributed by atoms with Gasteiger partial charge in [0.15, 0.2) is 0 Å². The molecule has 0 radical (unpaired) electrons. The minimum absolute atomic E-state index is 0.483. The van der Waals surface area contributed by atoms with Gasteiger partial charge in [0, 0.05) is 15.0 Å². The highest BCUT2D eigenvalue weighted by Crippen LogP contribution is 2.24. The number of nitrogen functional groups attached to an aromatic ring is 1. The van der Waals surface area contributed by atoms with Crippen LogP contribution in [0, 0.1) is 0 Å². The summed E-state index contributed by atoms with van der Waals surface area (Å²) >= 11 is 1.76. The van der Waals surface area contributed by atoms with Gasteiger partial charge in [0.2, 0.25) is 0 Å². The molecule has 98 valence electrons. The van der Waals surface area contributed by atoms with Gasteiger partial charge >= 0.3 is 0 Å². The summed E-state index contributed by atoms with van der Waals surface area (Å²) in [5.41, 5.74) is 6.85. The summed E-state index contributed by atoms with van der Waals surface area (Å²) in [7, 11) is 0. The number of nitrogens with zero attached hydrogens (tertiary/aromatic N) is 2. The number of hydrogen-bond donors (Lipinski definition) is 1. The van der Waals surface area contributed by atoms with E-state index >= 15 is 0 Å². The maximum Gasteiger partial charge on any atom is 0.134 e. The average molecular weight is 271 g/mol. The first kappa shape index (κ1) is 13.5. The summed E-state index contributed by atoms with van der Waals surface area (Å²) in [5, 5.41) is 1.67. The van der Waals surface area contributed by atoms with Gasteiger partial charge in [-0.2, -0.15) is 0 Å². The molecule has 0 unspecified atom stereocenters. The minimum atomic E-state index is 0.483. The smallest absolute Gasteiger partial charge is 0.134 e. The van der Waals surface area contributed by atoms with E-state index in [2.05, 4.69) is 35.6 Å². The van der Waals surface area contributed by atoms with Gasteiger partial charge in [0.1, 0.15) is 12.1 Å². The van der Waals surface area contributed by atoms with Gasteiger partial charge in [0.25, 0.3) is 0 Å². The van der Waals surface area contributed by atoms with Gasteiger partial charge in [-0.3, -0.25) is 0 Å². The molecule has 2 aromatic heterocycles. The second-order valence-corrected chi connectivity index (χ2v) is 5.30. The molecule has 0 saturated carbocycles. The van der Waals surface area contributed by atoms with Gasteiger partial charge in [0.05, 0.1) is 5.35 Å². The first-order chi connectivity index (χ1) is 9.15. The number of allylic oxidation sites excluding steroid dienone is 1. The number of hydrogen-bond acceptors (Lipinski definition) is 4. The fraction of sp³-hybridized carbons (Fsp3) is 0.200. The monoisotopic (exact) mass is 271 g/mol. The predicted molar refractivity (Wildman–Crippen MR) is 83.0 cm³/mol. The van der Waals surface area contributed by atoms with E-state index in [1.54, 1.807) is 11.3 Å². The first-order valence-corrected chi connectivity index (χ1v) is 7.00. The molecular weight excluding hydrogens is 254 g/mol. The van der Waals surface area contributed by atoms with E-state index in [4.69, 9.17) is 5.73 Å². The third-order valence-electron chi connectivity index (χ3n) is 2.86. The van der Waals surface area contributed by atoms with E-state index in [0.717, 1.165) is 27.4 Å². The van der Waals surface area contributed by atoms with E-state index in [1.807, 2.05) is 19.1 Å². The fourth-order valence-electron chi connectivity index (χ4n) is 1.79. The lowest BCUT2D eigenvalue weighted by Gasteiger charge is -1.98. The largest absolute Gasteiger partial charge is 0.383 e. The quantitative estimate of drug-likeness (QED) is 0.928. The van der Waals surface area contributed by atoms with Crippen LogP contribution < -0.4 is 16.3 Å². The number of thiophene rings is 1. The van der Waals surface area contributed by atoms with Gasteiger partial charge in [-0.1, -0.05) is 19.6 Å². The molecule has 0 saturated heterocycles. The SMILES string of the molecule is C=C(/C=c1/c(N)ncn/c1=C/C)c1ccc(CC)s1. The Bertz CT molecular complexity index is 713. The lowest BCUT2D eigenvalue weighted by atomic mass is 10.2. The van der Waals surface area contributed by atoms with Crippen LogP contribution in [0.4, 0.5) is 5.82 Å². The van der Waals surface area contributed by atoms with Gasteiger partial charge in [-0.25, -0.2) is 9.97 Å². The summed E-state index contributed by atoms with van der Waals surface area (Å²) in [5.74, 6) is 0.483. The summed E-state index contributed by atoms with van der Waals surface area (Å²) in [6.45, 7) is 8.20. The number of aromatic nitrogens is 2. The molecule has 0 amide bonds. The molecule has 0 bridgehead atoms. The molecule has 0 aliphatic heterocycles. The van der Waals surface area contributed by atoms with Gasteiger partial charge in [-0.15, -0.1) is 11.3 Å². The van der Waals surface area contributed by atoms with Crippen molar-refractivity contribution < 1.29 is 0 Å². The van der Waals surface area contributed by atoms with Crippen LogP contribution in [-0.2, 0) is 6.42 Å². The lowest BCUT2D eigenvalue weighted by Crippen LogP contribution is -2.31. The van der Waals surface area contributed by atoms with Crippen molar-refractivity contribution in [2.75, 3.05) is 5.73 Å². The van der Waals surface area contributed by atoms with Crippen LogP contribution >= 0.6 is 11.3 Å². The number of aryl methyl sites for hydroxylation is 1. The Morgan fingerprint density at radius 1 is 1.42 bits per heavy atom. The van der Waals surface area contributed by atoms with Crippen molar-refractivity contribution in [3.63, 3.8) is 0 Å². The molecule has 2 N–H and O–H groups in total. The van der Waals surface area contributed by atoms with Crippen molar-refractivity contribution in [3.8, 4) is 0 Å². The Morgan fingerprint density at radius 3 is 2.84 bits per heavy atom. The van der Waals surface area contributed by atoms with E-state index in [0.29, 0.717) is 5.82 Å². The van der Waals surface area contributed by atoms with E-state index in [-0.39, 0.29) is 0 Å². The topological polar surface area (TPSA) is 51.8 Å². The summed E-state index contributed by atoms with van der Waals surface area (Å²) < 4.78 is 0. The van der Waals surface area contributed by atoms with Crippen LogP contribution in [0.2, 0.25) is 0 Å². The van der Waals surface area contributed by atoms with E-state index in [1.165, 1.54) is 11.2 Å². The van der Waals surface area contributed by atoms with Gasteiger partial charge in [-0.05, 0) is 37.1 Å². The maximum atomic E-state index is 5.91. The van der Waals surface area contributed by atoms with Crippen LogP contribution in [0.1, 0.15) is 23.6 Å². The standard InChI is InChI=1S/C15H17N3S/c1-4-11-6-7-14(19-11)10(3)8-12-13(5-2)17-9-18-15(12)16/h5-9H,3-4H2,1-2H3,(H2,16,17,18)/b12-8+,13-5+. The van der Waals surface area contributed by atoms with Crippen LogP contribution in [0.3, 0.4) is 0 Å². The van der Waals surface area contributed by atoms with Crippen LogP contribution in [-0.4, -0.2) is 9.97 Å². The Morgan fingerprint density at radius 2 is 2.21 bits per heavy atom.